The molecule has 4 nitrogen and oxygen atoms in total. The van der Waals surface area contributed by atoms with Crippen LogP contribution >= 0.6 is 0 Å². The Bertz CT molecular complexity index is 419. The average Bonchev–Trinajstić information content (AvgIpc) is 2.88. The number of hydrogen-bond donors (Lipinski definition) is 1. The van der Waals surface area contributed by atoms with Crippen LogP contribution in [0, 0.1) is 0 Å². The molecule has 2 rings (SSSR count). The second kappa shape index (κ2) is 6.17. The maximum absolute atomic E-state index is 11.9. The van der Waals surface area contributed by atoms with Crippen molar-refractivity contribution in [3.05, 3.63) is 35.9 Å². The molecule has 1 aromatic rings. The van der Waals surface area contributed by atoms with Gasteiger partial charge in [-0.15, -0.1) is 0 Å². The molecule has 0 aliphatic carbocycles. The molecule has 2 unspecified atom stereocenters. The molecular weight excluding hydrogens is 238 g/mol. The minimum atomic E-state index is -0.391. The molecule has 0 saturated carbocycles. The zero-order chi connectivity index (χ0) is 13.8. The molecule has 0 aromatic heterocycles. The fourth-order valence-electron chi connectivity index (χ4n) is 2.59. The number of benzene rings is 1. The van der Waals surface area contributed by atoms with Gasteiger partial charge in [-0.05, 0) is 26.0 Å². The van der Waals surface area contributed by atoms with Crippen molar-refractivity contribution in [3.8, 4) is 0 Å². The second-order valence-electron chi connectivity index (χ2n) is 5.42. The van der Waals surface area contributed by atoms with Gasteiger partial charge in [0.15, 0.2) is 0 Å². The predicted octanol–water partition coefficient (Wildman–Crippen LogP) is 1.07. The number of nitrogens with two attached hydrogens (primary N) is 1. The number of likely N-dealkylation sites (tertiary alicyclic amines) is 1. The molecule has 1 aliphatic rings. The fourth-order valence-corrected chi connectivity index (χ4v) is 2.59. The van der Waals surface area contributed by atoms with E-state index in [-0.39, 0.29) is 5.91 Å². The molecule has 1 aromatic carbocycles. The minimum Gasteiger partial charge on any atom is -0.340 e. The molecule has 1 saturated heterocycles. The Morgan fingerprint density at radius 2 is 2.16 bits per heavy atom. The van der Waals surface area contributed by atoms with E-state index in [4.69, 9.17) is 5.73 Å². The van der Waals surface area contributed by atoms with Crippen LogP contribution in [0.3, 0.4) is 0 Å². The summed E-state index contributed by atoms with van der Waals surface area (Å²) in [6.07, 6.45) is 1.03. The number of hydrogen-bond acceptors (Lipinski definition) is 3. The van der Waals surface area contributed by atoms with Gasteiger partial charge in [-0.25, -0.2) is 0 Å². The third-order valence-electron chi connectivity index (χ3n) is 3.76. The third kappa shape index (κ3) is 3.55. The fraction of sp³-hybridized carbons (Fsp3) is 0.533. The number of nitrogens with zero attached hydrogens (tertiary/aromatic N) is 2. The van der Waals surface area contributed by atoms with E-state index in [0.29, 0.717) is 6.04 Å². The first-order chi connectivity index (χ1) is 9.08. The molecule has 4 heteroatoms. The Kier molecular flexibility index (Phi) is 4.56. The molecule has 0 bridgehead atoms. The smallest absolute Gasteiger partial charge is 0.239 e. The second-order valence-corrected chi connectivity index (χ2v) is 5.42. The van der Waals surface area contributed by atoms with Gasteiger partial charge in [-0.3, -0.25) is 9.69 Å². The molecule has 0 spiro atoms. The van der Waals surface area contributed by atoms with Gasteiger partial charge in [0.05, 0.1) is 6.04 Å². The Morgan fingerprint density at radius 1 is 1.47 bits per heavy atom. The van der Waals surface area contributed by atoms with E-state index in [9.17, 15) is 4.79 Å². The van der Waals surface area contributed by atoms with Crippen LogP contribution in [0.25, 0.3) is 0 Å². The highest BCUT2D eigenvalue weighted by molar-refractivity contribution is 5.81. The molecule has 19 heavy (non-hydrogen) atoms. The Balaban J connectivity index is 1.88. The zero-order valence-electron chi connectivity index (χ0n) is 11.7. The zero-order valence-corrected chi connectivity index (χ0v) is 11.7. The monoisotopic (exact) mass is 261 g/mol. The Hall–Kier alpha value is -1.39. The average molecular weight is 261 g/mol. The van der Waals surface area contributed by atoms with Gasteiger partial charge < -0.3 is 10.6 Å². The van der Waals surface area contributed by atoms with Crippen molar-refractivity contribution < 1.29 is 4.79 Å². The molecule has 1 heterocycles. The number of carbonyl (C=O) groups excluding carboxylic acids is 1. The predicted molar refractivity (Wildman–Crippen MR) is 76.5 cm³/mol. The van der Waals surface area contributed by atoms with Crippen molar-refractivity contribution in [2.75, 3.05) is 20.1 Å². The lowest BCUT2D eigenvalue weighted by Crippen LogP contribution is -2.42. The highest BCUT2D eigenvalue weighted by atomic mass is 16.2. The molecule has 1 amide bonds. The molecule has 1 fully saturated rings. The van der Waals surface area contributed by atoms with Crippen LogP contribution in [0.5, 0.6) is 0 Å². The lowest BCUT2D eigenvalue weighted by Gasteiger charge is -2.25. The quantitative estimate of drug-likeness (QED) is 0.882. The van der Waals surface area contributed by atoms with Crippen LogP contribution in [-0.2, 0) is 11.3 Å². The van der Waals surface area contributed by atoms with Gasteiger partial charge in [0, 0.05) is 25.7 Å². The maximum Gasteiger partial charge on any atom is 0.239 e. The number of carbonyl (C=O) groups is 1. The maximum atomic E-state index is 11.9. The summed E-state index contributed by atoms with van der Waals surface area (Å²) in [5, 5.41) is 0. The topological polar surface area (TPSA) is 49.6 Å². The molecule has 0 radical (unpaired) electrons. The van der Waals surface area contributed by atoms with Gasteiger partial charge >= 0.3 is 0 Å². The minimum absolute atomic E-state index is 0.0654. The lowest BCUT2D eigenvalue weighted by atomic mass is 10.1. The summed E-state index contributed by atoms with van der Waals surface area (Å²) >= 11 is 0. The largest absolute Gasteiger partial charge is 0.340 e. The standard InChI is InChI=1S/C15H23N3O/c1-12(16)15(19)18-9-8-14(11-18)17(2)10-13-6-4-3-5-7-13/h3-7,12,14H,8-11,16H2,1-2H3. The van der Waals surface area contributed by atoms with Crippen LogP contribution in [0.1, 0.15) is 18.9 Å². The first-order valence-corrected chi connectivity index (χ1v) is 6.86. The summed E-state index contributed by atoms with van der Waals surface area (Å²) in [6.45, 7) is 4.29. The van der Waals surface area contributed by atoms with Crippen molar-refractivity contribution in [1.29, 1.82) is 0 Å². The highest BCUT2D eigenvalue weighted by Crippen LogP contribution is 2.17. The van der Waals surface area contributed by atoms with E-state index >= 15 is 0 Å². The first kappa shape index (κ1) is 14.0. The van der Waals surface area contributed by atoms with Crippen molar-refractivity contribution >= 4 is 5.91 Å². The first-order valence-electron chi connectivity index (χ1n) is 6.86. The molecule has 2 atom stereocenters. The van der Waals surface area contributed by atoms with Crippen LogP contribution in [0.2, 0.25) is 0 Å². The summed E-state index contributed by atoms with van der Waals surface area (Å²) in [4.78, 5) is 16.1. The Morgan fingerprint density at radius 3 is 2.79 bits per heavy atom. The lowest BCUT2D eigenvalue weighted by molar-refractivity contribution is -0.131. The summed E-state index contributed by atoms with van der Waals surface area (Å²) in [7, 11) is 2.12. The van der Waals surface area contributed by atoms with E-state index in [2.05, 4.69) is 36.2 Å². The normalized spacial score (nSPS) is 20.8. The van der Waals surface area contributed by atoms with E-state index in [1.54, 1.807) is 6.92 Å². The molecule has 104 valence electrons. The van der Waals surface area contributed by atoms with E-state index in [0.717, 1.165) is 26.1 Å². The summed E-state index contributed by atoms with van der Waals surface area (Å²) in [5.74, 6) is 0.0654. The molecular formula is C15H23N3O. The van der Waals surface area contributed by atoms with Gasteiger partial charge in [-0.2, -0.15) is 0 Å². The highest BCUT2D eigenvalue weighted by Gasteiger charge is 2.29. The third-order valence-corrected chi connectivity index (χ3v) is 3.76. The van der Waals surface area contributed by atoms with Crippen LogP contribution in [0.15, 0.2) is 30.3 Å². The summed E-state index contributed by atoms with van der Waals surface area (Å²) in [5.41, 5.74) is 6.96. The summed E-state index contributed by atoms with van der Waals surface area (Å²) in [6, 6.07) is 10.5. The van der Waals surface area contributed by atoms with Crippen LogP contribution in [-0.4, -0.2) is 47.9 Å². The summed E-state index contributed by atoms with van der Waals surface area (Å²) < 4.78 is 0. The Labute approximate surface area is 115 Å². The van der Waals surface area contributed by atoms with Crippen molar-refractivity contribution in [1.82, 2.24) is 9.80 Å². The van der Waals surface area contributed by atoms with Gasteiger partial charge in [-0.1, -0.05) is 30.3 Å². The van der Waals surface area contributed by atoms with Crippen LogP contribution in [0.4, 0.5) is 0 Å². The van der Waals surface area contributed by atoms with Crippen LogP contribution < -0.4 is 5.73 Å². The van der Waals surface area contributed by atoms with E-state index in [1.165, 1.54) is 5.56 Å². The van der Waals surface area contributed by atoms with Crippen molar-refractivity contribution in [2.45, 2.75) is 32.0 Å². The van der Waals surface area contributed by atoms with E-state index in [1.807, 2.05) is 11.0 Å². The molecule has 2 N–H and O–H groups in total. The van der Waals surface area contributed by atoms with Crippen molar-refractivity contribution in [2.24, 2.45) is 5.73 Å². The number of amides is 1. The number of likely N-dealkylation sites (N-methyl/N-ethyl adjacent to an activating group) is 1. The van der Waals surface area contributed by atoms with Gasteiger partial charge in [0.1, 0.15) is 0 Å². The van der Waals surface area contributed by atoms with Crippen molar-refractivity contribution in [3.63, 3.8) is 0 Å². The molecule has 1 aliphatic heterocycles. The van der Waals surface area contributed by atoms with E-state index < -0.39 is 6.04 Å². The number of rotatable bonds is 4. The van der Waals surface area contributed by atoms with Gasteiger partial charge in [0.2, 0.25) is 5.91 Å². The SMILES string of the molecule is CC(N)C(=O)N1CCC(N(C)Cc2ccccc2)C1. The van der Waals surface area contributed by atoms with Gasteiger partial charge in [0.25, 0.3) is 0 Å².